The van der Waals surface area contributed by atoms with Crippen LogP contribution in [0.2, 0.25) is 0 Å². The molecule has 3 heterocycles. The van der Waals surface area contributed by atoms with Crippen LogP contribution in [-0.4, -0.2) is 45.0 Å². The van der Waals surface area contributed by atoms with Gasteiger partial charge in [-0.2, -0.15) is 5.10 Å². The summed E-state index contributed by atoms with van der Waals surface area (Å²) < 4.78 is 10.9. The molecule has 124 valence electrons. The number of aromatic amines is 1. The van der Waals surface area contributed by atoms with E-state index in [9.17, 15) is 0 Å². The molecule has 4 rings (SSSR count). The van der Waals surface area contributed by atoms with E-state index in [2.05, 4.69) is 20.3 Å². The zero-order valence-corrected chi connectivity index (χ0v) is 13.9. The fourth-order valence-corrected chi connectivity index (χ4v) is 3.38. The van der Waals surface area contributed by atoms with Crippen molar-refractivity contribution in [3.8, 4) is 0 Å². The second kappa shape index (κ2) is 5.72. The number of methoxy groups -OCH3 is 1. The number of aromatic nitrogens is 4. The van der Waals surface area contributed by atoms with Crippen LogP contribution in [0.1, 0.15) is 59.9 Å². The summed E-state index contributed by atoms with van der Waals surface area (Å²) in [4.78, 5) is 7.13. The van der Waals surface area contributed by atoms with Gasteiger partial charge in [-0.25, -0.2) is 4.98 Å². The van der Waals surface area contributed by atoms with Crippen molar-refractivity contribution in [1.29, 1.82) is 0 Å². The molecule has 0 unspecified atom stereocenters. The van der Waals surface area contributed by atoms with Gasteiger partial charge in [0.25, 0.3) is 0 Å². The molecule has 1 N–H and O–H groups in total. The van der Waals surface area contributed by atoms with E-state index in [1.165, 1.54) is 12.8 Å². The molecular formula is C16H23N5O2. The van der Waals surface area contributed by atoms with Gasteiger partial charge in [-0.15, -0.1) is 0 Å². The third-order valence-electron chi connectivity index (χ3n) is 5.02. The molecule has 7 heteroatoms. The molecule has 2 atom stereocenters. The number of hydrogen-bond acceptors (Lipinski definition) is 6. The molecule has 2 fully saturated rings. The summed E-state index contributed by atoms with van der Waals surface area (Å²) in [5, 5.41) is 11.6. The summed E-state index contributed by atoms with van der Waals surface area (Å²) in [6, 6.07) is 0.202. The summed E-state index contributed by atoms with van der Waals surface area (Å²) in [5.74, 6) is 3.38. The maximum Gasteiger partial charge on any atom is 0.153 e. The first-order chi connectivity index (χ1) is 11.2. The van der Waals surface area contributed by atoms with Gasteiger partial charge in [0.1, 0.15) is 11.6 Å². The second-order valence-corrected chi connectivity index (χ2v) is 6.69. The van der Waals surface area contributed by atoms with E-state index in [0.717, 1.165) is 48.2 Å². The number of likely N-dealkylation sites (tertiary alicyclic amines) is 1. The van der Waals surface area contributed by atoms with Crippen molar-refractivity contribution in [3.05, 3.63) is 28.7 Å². The van der Waals surface area contributed by atoms with Gasteiger partial charge in [-0.3, -0.25) is 10.00 Å². The van der Waals surface area contributed by atoms with E-state index in [-0.39, 0.29) is 12.1 Å². The monoisotopic (exact) mass is 317 g/mol. The van der Waals surface area contributed by atoms with Gasteiger partial charge in [-0.1, -0.05) is 5.16 Å². The Bertz CT molecular complexity index is 671. The molecular weight excluding hydrogens is 294 g/mol. The molecule has 0 spiro atoms. The van der Waals surface area contributed by atoms with E-state index in [1.54, 1.807) is 7.11 Å². The lowest BCUT2D eigenvalue weighted by Gasteiger charge is -2.22. The number of ether oxygens (including phenoxy) is 1. The molecule has 2 aliphatic rings. The van der Waals surface area contributed by atoms with Crippen molar-refractivity contribution in [2.24, 2.45) is 0 Å². The Morgan fingerprint density at radius 3 is 2.83 bits per heavy atom. The Labute approximate surface area is 135 Å². The number of H-pyrrole nitrogens is 1. The van der Waals surface area contributed by atoms with Gasteiger partial charge in [0.05, 0.1) is 17.8 Å². The van der Waals surface area contributed by atoms with Crippen LogP contribution in [0.25, 0.3) is 0 Å². The first-order valence-electron chi connectivity index (χ1n) is 8.26. The highest BCUT2D eigenvalue weighted by Crippen LogP contribution is 2.39. The minimum atomic E-state index is 0.202. The lowest BCUT2D eigenvalue weighted by molar-refractivity contribution is 0.107. The van der Waals surface area contributed by atoms with Gasteiger partial charge in [-0.05, 0) is 33.1 Å². The lowest BCUT2D eigenvalue weighted by Crippen LogP contribution is -2.25. The minimum Gasteiger partial charge on any atom is -0.380 e. The quantitative estimate of drug-likeness (QED) is 0.911. The predicted octanol–water partition coefficient (Wildman–Crippen LogP) is 2.25. The highest BCUT2D eigenvalue weighted by atomic mass is 16.5. The van der Waals surface area contributed by atoms with Gasteiger partial charge in [0, 0.05) is 31.7 Å². The predicted molar refractivity (Wildman–Crippen MR) is 82.9 cm³/mol. The van der Waals surface area contributed by atoms with Crippen LogP contribution in [0, 0.1) is 13.8 Å². The summed E-state index contributed by atoms with van der Waals surface area (Å²) in [5.41, 5.74) is 2.12. The van der Waals surface area contributed by atoms with E-state index >= 15 is 0 Å². The maximum atomic E-state index is 5.60. The van der Waals surface area contributed by atoms with Crippen molar-refractivity contribution < 1.29 is 9.26 Å². The van der Waals surface area contributed by atoms with Gasteiger partial charge < -0.3 is 9.26 Å². The Kier molecular flexibility index (Phi) is 3.69. The molecule has 23 heavy (non-hydrogen) atoms. The topological polar surface area (TPSA) is 80.1 Å². The first-order valence-corrected chi connectivity index (χ1v) is 8.26. The van der Waals surface area contributed by atoms with Gasteiger partial charge >= 0.3 is 0 Å². The Hall–Kier alpha value is -1.73. The van der Waals surface area contributed by atoms with Crippen molar-refractivity contribution in [2.75, 3.05) is 13.7 Å². The SMILES string of the molecule is CO[C@@H]1C[C@@H](c2nc(C3CC3)n[nH]2)N(Cc2c(C)noc2C)C1. The Morgan fingerprint density at radius 2 is 2.17 bits per heavy atom. The van der Waals surface area contributed by atoms with Crippen LogP contribution in [0.3, 0.4) is 0 Å². The van der Waals surface area contributed by atoms with Crippen LogP contribution < -0.4 is 0 Å². The fourth-order valence-electron chi connectivity index (χ4n) is 3.38. The van der Waals surface area contributed by atoms with Crippen LogP contribution in [0.4, 0.5) is 0 Å². The van der Waals surface area contributed by atoms with Gasteiger partial charge in [0.2, 0.25) is 0 Å². The highest BCUT2D eigenvalue weighted by Gasteiger charge is 2.37. The normalized spacial score (nSPS) is 25.3. The molecule has 0 radical (unpaired) electrons. The van der Waals surface area contributed by atoms with E-state index in [0.29, 0.717) is 5.92 Å². The number of aryl methyl sites for hydroxylation is 2. The highest BCUT2D eigenvalue weighted by molar-refractivity contribution is 5.21. The summed E-state index contributed by atoms with van der Waals surface area (Å²) >= 11 is 0. The average Bonchev–Trinajstić information content (AvgIpc) is 3.02. The first kappa shape index (κ1) is 14.8. The Balaban J connectivity index is 1.57. The van der Waals surface area contributed by atoms with E-state index in [4.69, 9.17) is 14.2 Å². The average molecular weight is 317 g/mol. The van der Waals surface area contributed by atoms with Crippen LogP contribution in [-0.2, 0) is 11.3 Å². The van der Waals surface area contributed by atoms with Crippen molar-refractivity contribution >= 4 is 0 Å². The largest absolute Gasteiger partial charge is 0.380 e. The van der Waals surface area contributed by atoms with Crippen LogP contribution >= 0.6 is 0 Å². The lowest BCUT2D eigenvalue weighted by atomic mass is 10.1. The van der Waals surface area contributed by atoms with E-state index in [1.807, 2.05) is 13.8 Å². The maximum absolute atomic E-state index is 5.60. The molecule has 2 aromatic heterocycles. The van der Waals surface area contributed by atoms with Crippen molar-refractivity contribution in [1.82, 2.24) is 25.2 Å². The van der Waals surface area contributed by atoms with Gasteiger partial charge in [0.15, 0.2) is 5.82 Å². The van der Waals surface area contributed by atoms with Crippen LogP contribution in [0.5, 0.6) is 0 Å². The van der Waals surface area contributed by atoms with Crippen molar-refractivity contribution in [3.63, 3.8) is 0 Å². The molecule has 2 aromatic rings. The second-order valence-electron chi connectivity index (χ2n) is 6.69. The summed E-state index contributed by atoms with van der Waals surface area (Å²) in [7, 11) is 1.77. The smallest absolute Gasteiger partial charge is 0.153 e. The Morgan fingerprint density at radius 1 is 1.35 bits per heavy atom. The zero-order chi connectivity index (χ0) is 16.0. The van der Waals surface area contributed by atoms with Crippen molar-refractivity contribution in [2.45, 2.75) is 57.7 Å². The summed E-state index contributed by atoms with van der Waals surface area (Å²) in [6.45, 7) is 5.63. The molecule has 1 saturated heterocycles. The zero-order valence-electron chi connectivity index (χ0n) is 13.9. The molecule has 0 aromatic carbocycles. The molecule has 1 aliphatic heterocycles. The number of nitrogens with zero attached hydrogens (tertiary/aromatic N) is 4. The minimum absolute atomic E-state index is 0.202. The van der Waals surface area contributed by atoms with Crippen LogP contribution in [0.15, 0.2) is 4.52 Å². The molecule has 0 amide bonds. The van der Waals surface area contributed by atoms with E-state index < -0.39 is 0 Å². The number of nitrogens with one attached hydrogen (secondary N) is 1. The summed E-state index contributed by atoms with van der Waals surface area (Å²) in [6.07, 6.45) is 3.57. The molecule has 1 saturated carbocycles. The number of rotatable bonds is 5. The molecule has 0 bridgehead atoms. The third kappa shape index (κ3) is 2.79. The standard InChI is InChI=1S/C16H23N5O2/c1-9-13(10(2)23-20-9)8-21-7-12(22-3)6-14(21)16-17-15(18-19-16)11-4-5-11/h11-12,14H,4-8H2,1-3H3,(H,17,18,19)/t12-,14+/m1/s1. The number of hydrogen-bond donors (Lipinski definition) is 1. The third-order valence-corrected chi connectivity index (χ3v) is 5.02. The molecule has 7 nitrogen and oxygen atoms in total. The molecule has 1 aliphatic carbocycles. The fraction of sp³-hybridized carbons (Fsp3) is 0.688.